The molecule has 0 radical (unpaired) electrons. The standard InChI is InChI=1S/C20H21FN6OS/c1-13-4-6-16(21)17(9-13)27-8-2-3-15(11-27)24-18-7-5-14(10-22-18)19(28)25-20-26-23-12-29-20/h4-7,9-10,12,15H,2-3,8,11H2,1H3,(H,22,24)(H,25,26,28). The molecule has 1 aromatic carbocycles. The molecule has 150 valence electrons. The molecular weight excluding hydrogens is 391 g/mol. The topological polar surface area (TPSA) is 83.0 Å². The zero-order chi connectivity index (χ0) is 20.2. The SMILES string of the molecule is Cc1ccc(F)c(N2CCCC(Nc3ccc(C(=O)Nc4nncs4)cn3)C2)c1. The molecule has 29 heavy (non-hydrogen) atoms. The largest absolute Gasteiger partial charge is 0.367 e. The Kier molecular flexibility index (Phi) is 5.66. The van der Waals surface area contributed by atoms with E-state index in [0.717, 1.165) is 24.9 Å². The van der Waals surface area contributed by atoms with Gasteiger partial charge in [-0.25, -0.2) is 9.37 Å². The Morgan fingerprint density at radius 2 is 2.21 bits per heavy atom. The number of halogens is 1. The van der Waals surface area contributed by atoms with E-state index in [1.807, 2.05) is 13.0 Å². The second kappa shape index (κ2) is 8.52. The summed E-state index contributed by atoms with van der Waals surface area (Å²) in [5.74, 6) is 0.216. The lowest BCUT2D eigenvalue weighted by Crippen LogP contribution is -2.42. The molecule has 7 nitrogen and oxygen atoms in total. The van der Waals surface area contributed by atoms with Gasteiger partial charge in [0.05, 0.1) is 11.3 Å². The molecule has 0 spiro atoms. The highest BCUT2D eigenvalue weighted by atomic mass is 32.1. The van der Waals surface area contributed by atoms with Crippen molar-refractivity contribution in [1.29, 1.82) is 0 Å². The molecule has 1 saturated heterocycles. The highest BCUT2D eigenvalue weighted by molar-refractivity contribution is 7.13. The molecule has 1 atom stereocenters. The number of pyridine rings is 1. The Morgan fingerprint density at radius 1 is 1.31 bits per heavy atom. The number of nitrogens with zero attached hydrogens (tertiary/aromatic N) is 4. The number of aryl methyl sites for hydroxylation is 1. The van der Waals surface area contributed by atoms with E-state index in [1.165, 1.54) is 23.6 Å². The van der Waals surface area contributed by atoms with Crippen LogP contribution in [0.1, 0.15) is 28.8 Å². The van der Waals surface area contributed by atoms with E-state index in [4.69, 9.17) is 0 Å². The monoisotopic (exact) mass is 412 g/mol. The van der Waals surface area contributed by atoms with Crippen LogP contribution in [0.5, 0.6) is 0 Å². The first-order chi connectivity index (χ1) is 14.1. The third-order valence-electron chi connectivity index (χ3n) is 4.82. The molecule has 4 rings (SSSR count). The van der Waals surface area contributed by atoms with Crippen molar-refractivity contribution in [1.82, 2.24) is 15.2 Å². The van der Waals surface area contributed by atoms with Crippen molar-refractivity contribution < 1.29 is 9.18 Å². The van der Waals surface area contributed by atoms with Crippen molar-refractivity contribution >= 4 is 33.9 Å². The number of hydrogen-bond acceptors (Lipinski definition) is 7. The third kappa shape index (κ3) is 4.68. The van der Waals surface area contributed by atoms with Gasteiger partial charge in [-0.2, -0.15) is 0 Å². The fourth-order valence-corrected chi connectivity index (χ4v) is 3.84. The van der Waals surface area contributed by atoms with Gasteiger partial charge in [-0.3, -0.25) is 10.1 Å². The Labute approximate surface area is 172 Å². The number of carbonyl (C=O) groups is 1. The van der Waals surface area contributed by atoms with Crippen LogP contribution in [0.25, 0.3) is 0 Å². The first kappa shape index (κ1) is 19.3. The lowest BCUT2D eigenvalue weighted by atomic mass is 10.0. The van der Waals surface area contributed by atoms with Crippen molar-refractivity contribution in [3.05, 3.63) is 59.0 Å². The van der Waals surface area contributed by atoms with Crippen molar-refractivity contribution in [2.75, 3.05) is 28.6 Å². The van der Waals surface area contributed by atoms with Gasteiger partial charge in [0.15, 0.2) is 0 Å². The summed E-state index contributed by atoms with van der Waals surface area (Å²) < 4.78 is 14.2. The fourth-order valence-electron chi connectivity index (χ4n) is 3.40. The molecule has 2 aromatic heterocycles. The van der Waals surface area contributed by atoms with E-state index >= 15 is 0 Å². The second-order valence-electron chi connectivity index (χ2n) is 7.01. The summed E-state index contributed by atoms with van der Waals surface area (Å²) in [7, 11) is 0. The van der Waals surface area contributed by atoms with E-state index in [9.17, 15) is 9.18 Å². The predicted octanol–water partition coefficient (Wildman–Crippen LogP) is 3.71. The van der Waals surface area contributed by atoms with Crippen LogP contribution in [-0.2, 0) is 0 Å². The van der Waals surface area contributed by atoms with Crippen LogP contribution in [-0.4, -0.2) is 40.2 Å². The molecule has 2 N–H and O–H groups in total. The molecule has 3 heterocycles. The normalized spacial score (nSPS) is 16.5. The molecule has 1 aliphatic heterocycles. The van der Waals surface area contributed by atoms with Gasteiger partial charge in [0, 0.05) is 25.3 Å². The second-order valence-corrected chi connectivity index (χ2v) is 7.85. The quantitative estimate of drug-likeness (QED) is 0.665. The van der Waals surface area contributed by atoms with E-state index < -0.39 is 0 Å². The predicted molar refractivity (Wildman–Crippen MR) is 112 cm³/mol. The zero-order valence-corrected chi connectivity index (χ0v) is 16.7. The summed E-state index contributed by atoms with van der Waals surface area (Å²) >= 11 is 1.25. The minimum atomic E-state index is -0.278. The first-order valence-corrected chi connectivity index (χ1v) is 10.3. The highest BCUT2D eigenvalue weighted by Gasteiger charge is 2.22. The van der Waals surface area contributed by atoms with Crippen LogP contribution in [0.4, 0.5) is 21.0 Å². The Bertz CT molecular complexity index is 979. The lowest BCUT2D eigenvalue weighted by Gasteiger charge is -2.35. The third-order valence-corrected chi connectivity index (χ3v) is 5.43. The maximum atomic E-state index is 14.2. The molecule has 1 unspecified atom stereocenters. The van der Waals surface area contributed by atoms with Crippen LogP contribution in [0.3, 0.4) is 0 Å². The number of aromatic nitrogens is 3. The molecule has 1 amide bonds. The summed E-state index contributed by atoms with van der Waals surface area (Å²) in [6.45, 7) is 3.49. The van der Waals surface area contributed by atoms with Gasteiger partial charge in [-0.1, -0.05) is 17.4 Å². The van der Waals surface area contributed by atoms with Gasteiger partial charge in [-0.05, 0) is 49.6 Å². The van der Waals surface area contributed by atoms with Crippen LogP contribution in [0, 0.1) is 12.7 Å². The van der Waals surface area contributed by atoms with E-state index in [1.54, 1.807) is 23.7 Å². The molecule has 0 bridgehead atoms. The van der Waals surface area contributed by atoms with E-state index in [-0.39, 0.29) is 17.8 Å². The summed E-state index contributed by atoms with van der Waals surface area (Å²) in [6, 6.07) is 8.84. The number of piperidine rings is 1. The molecule has 3 aromatic rings. The maximum Gasteiger partial charge on any atom is 0.259 e. The number of hydrogen-bond donors (Lipinski definition) is 2. The molecule has 1 fully saturated rings. The van der Waals surface area contributed by atoms with Crippen molar-refractivity contribution in [3.63, 3.8) is 0 Å². The van der Waals surface area contributed by atoms with E-state index in [2.05, 4.69) is 30.7 Å². The minimum absolute atomic E-state index is 0.150. The van der Waals surface area contributed by atoms with Crippen molar-refractivity contribution in [3.8, 4) is 0 Å². The van der Waals surface area contributed by atoms with Gasteiger partial charge in [0.1, 0.15) is 17.1 Å². The van der Waals surface area contributed by atoms with Crippen molar-refractivity contribution in [2.24, 2.45) is 0 Å². The maximum absolute atomic E-state index is 14.2. The first-order valence-electron chi connectivity index (χ1n) is 9.40. The van der Waals surface area contributed by atoms with Crippen LogP contribution in [0.2, 0.25) is 0 Å². The molecule has 0 saturated carbocycles. The molecular formula is C20H21FN6OS. The Morgan fingerprint density at radius 3 is 2.97 bits per heavy atom. The van der Waals surface area contributed by atoms with E-state index in [0.29, 0.717) is 28.7 Å². The Hall–Kier alpha value is -3.07. The fraction of sp³-hybridized carbons (Fsp3) is 0.300. The number of rotatable bonds is 5. The van der Waals surface area contributed by atoms with Gasteiger partial charge in [-0.15, -0.1) is 10.2 Å². The van der Waals surface area contributed by atoms with Crippen molar-refractivity contribution in [2.45, 2.75) is 25.8 Å². The van der Waals surface area contributed by atoms with Crippen LogP contribution in [0.15, 0.2) is 42.0 Å². The number of benzene rings is 1. The summed E-state index contributed by atoms with van der Waals surface area (Å²) in [6.07, 6.45) is 3.47. The van der Waals surface area contributed by atoms with Gasteiger partial charge in [0.25, 0.3) is 5.91 Å². The van der Waals surface area contributed by atoms with Gasteiger partial charge >= 0.3 is 0 Å². The minimum Gasteiger partial charge on any atom is -0.367 e. The molecule has 9 heteroatoms. The number of nitrogens with one attached hydrogen (secondary N) is 2. The van der Waals surface area contributed by atoms with Gasteiger partial charge in [0.2, 0.25) is 5.13 Å². The smallest absolute Gasteiger partial charge is 0.259 e. The summed E-state index contributed by atoms with van der Waals surface area (Å²) in [5, 5.41) is 14.0. The number of amides is 1. The summed E-state index contributed by atoms with van der Waals surface area (Å²) in [4.78, 5) is 18.6. The summed E-state index contributed by atoms with van der Waals surface area (Å²) in [5.41, 5.74) is 3.68. The molecule has 0 aliphatic carbocycles. The molecule has 1 aliphatic rings. The average Bonchev–Trinajstić information content (AvgIpc) is 3.23. The highest BCUT2D eigenvalue weighted by Crippen LogP contribution is 2.25. The van der Waals surface area contributed by atoms with Gasteiger partial charge < -0.3 is 10.2 Å². The lowest BCUT2D eigenvalue weighted by molar-refractivity contribution is 0.102. The number of carbonyl (C=O) groups excluding carboxylic acids is 1. The average molecular weight is 412 g/mol. The number of anilines is 3. The van der Waals surface area contributed by atoms with Crippen LogP contribution >= 0.6 is 11.3 Å². The Balaban J connectivity index is 1.38. The van der Waals surface area contributed by atoms with Crippen LogP contribution < -0.4 is 15.5 Å². The zero-order valence-electron chi connectivity index (χ0n) is 15.9.